The van der Waals surface area contributed by atoms with Gasteiger partial charge in [0.25, 0.3) is 0 Å². The zero-order chi connectivity index (χ0) is 10.8. The first-order valence-corrected chi connectivity index (χ1v) is 6.33. The van der Waals surface area contributed by atoms with Crippen LogP contribution in [0.3, 0.4) is 0 Å². The number of rotatable bonds is 3. The van der Waals surface area contributed by atoms with Gasteiger partial charge < -0.3 is 5.73 Å². The first-order valence-electron chi connectivity index (χ1n) is 4.44. The lowest BCUT2D eigenvalue weighted by atomic mass is 10.1. The maximum Gasteiger partial charge on any atom is 0.175 e. The minimum absolute atomic E-state index is 0.0964. The van der Waals surface area contributed by atoms with Crippen molar-refractivity contribution in [2.75, 3.05) is 6.26 Å². The molecule has 0 aromatic heterocycles. The van der Waals surface area contributed by atoms with Crippen LogP contribution in [0.2, 0.25) is 0 Å². The fourth-order valence-electron chi connectivity index (χ4n) is 1.24. The zero-order valence-electron chi connectivity index (χ0n) is 8.40. The molecule has 0 aliphatic heterocycles. The van der Waals surface area contributed by atoms with Crippen LogP contribution in [0, 0.1) is 0 Å². The fourth-order valence-corrected chi connectivity index (χ4v) is 1.87. The predicted octanol–water partition coefficient (Wildman–Crippen LogP) is 0.980. The van der Waals surface area contributed by atoms with Gasteiger partial charge in [0.15, 0.2) is 9.84 Å². The van der Waals surface area contributed by atoms with Crippen molar-refractivity contribution in [2.24, 2.45) is 5.73 Å². The van der Waals surface area contributed by atoms with Crippen LogP contribution >= 0.6 is 0 Å². The van der Waals surface area contributed by atoms with Crippen LogP contribution < -0.4 is 5.73 Å². The lowest BCUT2D eigenvalue weighted by molar-refractivity contribution is 0.602. The molecule has 0 unspecified atom stereocenters. The Morgan fingerprint density at radius 3 is 2.14 bits per heavy atom. The first kappa shape index (κ1) is 11.2. The summed E-state index contributed by atoms with van der Waals surface area (Å²) in [5.41, 5.74) is 6.69. The summed E-state index contributed by atoms with van der Waals surface area (Å²) in [6.07, 6.45) is 1.97. The van der Waals surface area contributed by atoms with Crippen molar-refractivity contribution in [1.82, 2.24) is 0 Å². The number of hydrogen-bond donors (Lipinski definition) is 1. The van der Waals surface area contributed by atoms with Gasteiger partial charge in [0.1, 0.15) is 0 Å². The van der Waals surface area contributed by atoms with Gasteiger partial charge in [-0.15, -0.1) is 0 Å². The van der Waals surface area contributed by atoms with E-state index in [2.05, 4.69) is 0 Å². The summed E-state index contributed by atoms with van der Waals surface area (Å²) in [6.45, 7) is 1.92. The number of nitrogens with two attached hydrogens (primary N) is 1. The Kier molecular flexibility index (Phi) is 3.29. The van der Waals surface area contributed by atoms with Gasteiger partial charge >= 0.3 is 0 Å². The Labute approximate surface area is 84.9 Å². The van der Waals surface area contributed by atoms with Gasteiger partial charge in [-0.3, -0.25) is 0 Å². The molecular formula is C10H15NO2S. The van der Waals surface area contributed by atoms with Crippen LogP contribution in [-0.4, -0.2) is 20.7 Å². The highest BCUT2D eigenvalue weighted by atomic mass is 32.2. The van der Waals surface area contributed by atoms with E-state index < -0.39 is 9.84 Å². The van der Waals surface area contributed by atoms with Crippen LogP contribution in [0.4, 0.5) is 0 Å². The second-order valence-corrected chi connectivity index (χ2v) is 5.61. The molecule has 0 saturated carbocycles. The third-order valence-electron chi connectivity index (χ3n) is 1.91. The third kappa shape index (κ3) is 3.12. The number of sulfone groups is 1. The lowest BCUT2D eigenvalue weighted by Crippen LogP contribution is -2.17. The molecule has 14 heavy (non-hydrogen) atoms. The third-order valence-corrected chi connectivity index (χ3v) is 3.04. The molecule has 1 aromatic carbocycles. The summed E-state index contributed by atoms with van der Waals surface area (Å²) < 4.78 is 22.3. The Balaban J connectivity index is 2.90. The Bertz CT molecular complexity index is 393. The second-order valence-electron chi connectivity index (χ2n) is 3.60. The monoisotopic (exact) mass is 213 g/mol. The smallest absolute Gasteiger partial charge is 0.175 e. The van der Waals surface area contributed by atoms with E-state index in [9.17, 15) is 8.42 Å². The molecular weight excluding hydrogens is 198 g/mol. The van der Waals surface area contributed by atoms with E-state index in [0.29, 0.717) is 4.90 Å². The summed E-state index contributed by atoms with van der Waals surface area (Å²) in [5.74, 6) is 0. The molecule has 0 saturated heterocycles. The molecule has 0 spiro atoms. The van der Waals surface area contributed by atoms with Crippen molar-refractivity contribution < 1.29 is 8.42 Å². The standard InChI is InChI=1S/C10H15NO2S/c1-8(11)7-9-3-5-10(6-4-9)14(2,12)13/h3-6,8H,7,11H2,1-2H3/t8-/m0/s1. The van der Waals surface area contributed by atoms with Crippen molar-refractivity contribution in [1.29, 1.82) is 0 Å². The molecule has 0 amide bonds. The first-order chi connectivity index (χ1) is 6.39. The molecule has 1 atom stereocenters. The van der Waals surface area contributed by atoms with Crippen LogP contribution in [0.5, 0.6) is 0 Å². The van der Waals surface area contributed by atoms with Crippen molar-refractivity contribution in [2.45, 2.75) is 24.3 Å². The molecule has 2 N–H and O–H groups in total. The largest absolute Gasteiger partial charge is 0.328 e. The summed E-state index contributed by atoms with van der Waals surface area (Å²) in [5, 5.41) is 0. The van der Waals surface area contributed by atoms with Gasteiger partial charge in [-0.2, -0.15) is 0 Å². The molecule has 0 bridgehead atoms. The Morgan fingerprint density at radius 2 is 1.79 bits per heavy atom. The Morgan fingerprint density at radius 1 is 1.29 bits per heavy atom. The summed E-state index contributed by atoms with van der Waals surface area (Å²) in [7, 11) is -3.08. The van der Waals surface area contributed by atoms with Crippen molar-refractivity contribution >= 4 is 9.84 Å². The van der Waals surface area contributed by atoms with Crippen LogP contribution in [0.1, 0.15) is 12.5 Å². The highest BCUT2D eigenvalue weighted by Gasteiger charge is 2.06. The Hall–Kier alpha value is -0.870. The molecule has 0 heterocycles. The van der Waals surface area contributed by atoms with E-state index in [1.165, 1.54) is 6.26 Å². The number of benzene rings is 1. The molecule has 0 aliphatic carbocycles. The maximum atomic E-state index is 11.1. The average Bonchev–Trinajstić information content (AvgIpc) is 2.02. The summed E-state index contributed by atoms with van der Waals surface area (Å²) in [4.78, 5) is 0.353. The molecule has 1 rings (SSSR count). The predicted molar refractivity (Wildman–Crippen MR) is 56.9 cm³/mol. The van der Waals surface area contributed by atoms with E-state index in [1.54, 1.807) is 24.3 Å². The van der Waals surface area contributed by atoms with E-state index in [0.717, 1.165) is 12.0 Å². The highest BCUT2D eigenvalue weighted by Crippen LogP contribution is 2.11. The van der Waals surface area contributed by atoms with Crippen LogP contribution in [-0.2, 0) is 16.3 Å². The van der Waals surface area contributed by atoms with Crippen molar-refractivity contribution in [3.05, 3.63) is 29.8 Å². The van der Waals surface area contributed by atoms with Crippen molar-refractivity contribution in [3.63, 3.8) is 0 Å². The van der Waals surface area contributed by atoms with Crippen LogP contribution in [0.25, 0.3) is 0 Å². The molecule has 0 fully saturated rings. The van der Waals surface area contributed by atoms with Gasteiger partial charge in [0.2, 0.25) is 0 Å². The molecule has 0 aliphatic rings. The van der Waals surface area contributed by atoms with E-state index in [1.807, 2.05) is 6.92 Å². The molecule has 78 valence electrons. The quantitative estimate of drug-likeness (QED) is 0.814. The van der Waals surface area contributed by atoms with Gasteiger partial charge in [-0.1, -0.05) is 12.1 Å². The van der Waals surface area contributed by atoms with Crippen molar-refractivity contribution in [3.8, 4) is 0 Å². The maximum absolute atomic E-state index is 11.1. The SMILES string of the molecule is C[C@H](N)Cc1ccc(S(C)(=O)=O)cc1. The summed E-state index contributed by atoms with van der Waals surface area (Å²) >= 11 is 0. The lowest BCUT2D eigenvalue weighted by Gasteiger charge is -2.05. The molecule has 0 radical (unpaired) electrons. The average molecular weight is 213 g/mol. The van der Waals surface area contributed by atoms with Gasteiger partial charge in [0, 0.05) is 12.3 Å². The molecule has 4 heteroatoms. The topological polar surface area (TPSA) is 60.2 Å². The zero-order valence-corrected chi connectivity index (χ0v) is 9.21. The highest BCUT2D eigenvalue weighted by molar-refractivity contribution is 7.90. The van der Waals surface area contributed by atoms with E-state index >= 15 is 0 Å². The van der Waals surface area contributed by atoms with Gasteiger partial charge in [-0.25, -0.2) is 8.42 Å². The minimum atomic E-state index is -3.08. The van der Waals surface area contributed by atoms with E-state index in [-0.39, 0.29) is 6.04 Å². The molecule has 3 nitrogen and oxygen atoms in total. The summed E-state index contributed by atoms with van der Waals surface area (Å²) in [6, 6.07) is 6.94. The van der Waals surface area contributed by atoms with Crippen LogP contribution in [0.15, 0.2) is 29.2 Å². The van der Waals surface area contributed by atoms with Gasteiger partial charge in [-0.05, 0) is 31.0 Å². The minimum Gasteiger partial charge on any atom is -0.328 e. The normalized spacial score (nSPS) is 13.9. The van der Waals surface area contributed by atoms with E-state index in [4.69, 9.17) is 5.73 Å². The van der Waals surface area contributed by atoms with Gasteiger partial charge in [0.05, 0.1) is 4.90 Å². The second kappa shape index (κ2) is 4.11. The number of hydrogen-bond acceptors (Lipinski definition) is 3. The molecule has 1 aromatic rings. The fraction of sp³-hybridized carbons (Fsp3) is 0.400.